The number of fused-ring (bicyclic) bond motifs is 3. The summed E-state index contributed by atoms with van der Waals surface area (Å²) in [6, 6.07) is 1.61. The smallest absolute Gasteiger partial charge is 0.163 e. The summed E-state index contributed by atoms with van der Waals surface area (Å²) >= 11 is 3.24. The maximum absolute atomic E-state index is 14.8. The second-order valence-electron chi connectivity index (χ2n) is 6.66. The van der Waals surface area contributed by atoms with Gasteiger partial charge in [-0.3, -0.25) is 4.57 Å². The standard InChI is InChI=1S/C15H18BrFN4O/c1-7-19-20-13-14(2,3)18-11-8(15(4,5)22)6-9(16)10(17)12(11)21(7)13/h6,18,22H,1-5H3. The average Bonchev–Trinajstić information content (AvgIpc) is 2.75. The molecule has 0 saturated heterocycles. The molecule has 0 bridgehead atoms. The number of anilines is 1. The molecule has 2 aromatic rings. The minimum atomic E-state index is -1.12. The van der Waals surface area contributed by atoms with Crippen LogP contribution >= 0.6 is 15.9 Å². The van der Waals surface area contributed by atoms with Crippen molar-refractivity contribution in [2.75, 3.05) is 5.32 Å². The van der Waals surface area contributed by atoms with Crippen LogP contribution in [0.2, 0.25) is 0 Å². The van der Waals surface area contributed by atoms with E-state index in [4.69, 9.17) is 0 Å². The SMILES string of the molecule is Cc1nnc2n1-c1c(F)c(Br)cc(C(C)(C)O)c1NC2(C)C. The lowest BCUT2D eigenvalue weighted by Crippen LogP contribution is -2.38. The number of rotatable bonds is 1. The summed E-state index contributed by atoms with van der Waals surface area (Å²) in [6.07, 6.45) is 0. The van der Waals surface area contributed by atoms with Crippen LogP contribution in [0.1, 0.15) is 44.9 Å². The van der Waals surface area contributed by atoms with E-state index >= 15 is 0 Å². The van der Waals surface area contributed by atoms with Crippen molar-refractivity contribution in [3.63, 3.8) is 0 Å². The minimum Gasteiger partial charge on any atom is -0.386 e. The molecule has 3 rings (SSSR count). The highest BCUT2D eigenvalue weighted by Crippen LogP contribution is 2.44. The lowest BCUT2D eigenvalue weighted by Gasteiger charge is -2.37. The second-order valence-corrected chi connectivity index (χ2v) is 7.51. The molecule has 2 heterocycles. The fourth-order valence-corrected chi connectivity index (χ4v) is 3.25. The summed E-state index contributed by atoms with van der Waals surface area (Å²) in [7, 11) is 0. The van der Waals surface area contributed by atoms with Gasteiger partial charge in [-0.2, -0.15) is 0 Å². The molecule has 1 aliphatic rings. The molecule has 22 heavy (non-hydrogen) atoms. The normalized spacial score (nSPS) is 16.0. The number of nitrogens with zero attached hydrogens (tertiary/aromatic N) is 3. The summed E-state index contributed by atoms with van der Waals surface area (Å²) in [5.41, 5.74) is -0.142. The number of aryl methyl sites for hydroxylation is 1. The van der Waals surface area contributed by atoms with Crippen molar-refractivity contribution in [1.82, 2.24) is 14.8 Å². The first-order chi connectivity index (χ1) is 10.0. The van der Waals surface area contributed by atoms with Crippen molar-refractivity contribution >= 4 is 21.6 Å². The van der Waals surface area contributed by atoms with Crippen molar-refractivity contribution < 1.29 is 9.50 Å². The molecule has 0 fully saturated rings. The number of aliphatic hydroxyl groups is 1. The Kier molecular flexibility index (Phi) is 3.17. The number of benzene rings is 1. The van der Waals surface area contributed by atoms with Crippen LogP contribution in [0.3, 0.4) is 0 Å². The predicted molar refractivity (Wildman–Crippen MR) is 85.6 cm³/mol. The minimum absolute atomic E-state index is 0.295. The fraction of sp³-hybridized carbons (Fsp3) is 0.467. The molecule has 1 aromatic heterocycles. The van der Waals surface area contributed by atoms with Gasteiger partial charge in [-0.1, -0.05) is 0 Å². The van der Waals surface area contributed by atoms with Crippen LogP contribution in [-0.4, -0.2) is 19.9 Å². The molecule has 0 amide bonds. The van der Waals surface area contributed by atoms with Gasteiger partial charge >= 0.3 is 0 Å². The zero-order valence-corrected chi connectivity index (χ0v) is 14.7. The van der Waals surface area contributed by atoms with Crippen molar-refractivity contribution in [2.24, 2.45) is 0 Å². The van der Waals surface area contributed by atoms with Gasteiger partial charge < -0.3 is 10.4 Å². The largest absolute Gasteiger partial charge is 0.386 e. The van der Waals surface area contributed by atoms with Crippen LogP contribution in [0, 0.1) is 12.7 Å². The first kappa shape index (κ1) is 15.4. The van der Waals surface area contributed by atoms with Crippen molar-refractivity contribution in [1.29, 1.82) is 0 Å². The van der Waals surface area contributed by atoms with Gasteiger partial charge in [0, 0.05) is 5.56 Å². The van der Waals surface area contributed by atoms with Gasteiger partial charge in [0.25, 0.3) is 0 Å². The Bertz CT molecular complexity index is 777. The summed E-state index contributed by atoms with van der Waals surface area (Å²) in [6.45, 7) is 9.03. The number of hydrogen-bond donors (Lipinski definition) is 2. The summed E-state index contributed by atoms with van der Waals surface area (Å²) in [4.78, 5) is 0. The Morgan fingerprint density at radius 3 is 2.59 bits per heavy atom. The molecular formula is C15H18BrFN4O. The Balaban J connectivity index is 2.46. The number of hydrogen-bond acceptors (Lipinski definition) is 4. The van der Waals surface area contributed by atoms with Gasteiger partial charge in [-0.05, 0) is 56.6 Å². The Labute approximate surface area is 136 Å². The highest BCUT2D eigenvalue weighted by atomic mass is 79.9. The highest BCUT2D eigenvalue weighted by molar-refractivity contribution is 9.10. The van der Waals surface area contributed by atoms with Crippen LogP contribution < -0.4 is 5.32 Å². The van der Waals surface area contributed by atoms with E-state index in [1.54, 1.807) is 31.4 Å². The van der Waals surface area contributed by atoms with Crippen LogP contribution in [0.4, 0.5) is 10.1 Å². The number of halogens is 2. The maximum atomic E-state index is 14.8. The lowest BCUT2D eigenvalue weighted by molar-refractivity contribution is 0.0790. The van der Waals surface area contributed by atoms with E-state index in [0.717, 1.165) is 0 Å². The molecule has 2 N–H and O–H groups in total. The number of aromatic nitrogens is 3. The van der Waals surface area contributed by atoms with E-state index in [1.165, 1.54) is 0 Å². The summed E-state index contributed by atoms with van der Waals surface area (Å²) < 4.78 is 16.8. The summed E-state index contributed by atoms with van der Waals surface area (Å²) in [5.74, 6) is 0.830. The first-order valence-electron chi connectivity index (χ1n) is 7.00. The third-order valence-corrected chi connectivity index (χ3v) is 4.48. The second kappa shape index (κ2) is 4.52. The van der Waals surface area contributed by atoms with Crippen molar-refractivity contribution in [3.8, 4) is 5.69 Å². The van der Waals surface area contributed by atoms with E-state index in [0.29, 0.717) is 33.1 Å². The molecule has 7 heteroatoms. The van der Waals surface area contributed by atoms with E-state index < -0.39 is 17.0 Å². The molecule has 0 aliphatic carbocycles. The van der Waals surface area contributed by atoms with Gasteiger partial charge in [-0.25, -0.2) is 4.39 Å². The third-order valence-electron chi connectivity index (χ3n) is 3.90. The van der Waals surface area contributed by atoms with E-state index in [2.05, 4.69) is 31.4 Å². The predicted octanol–water partition coefficient (Wildman–Crippen LogP) is 3.37. The Morgan fingerprint density at radius 1 is 1.36 bits per heavy atom. The zero-order chi connectivity index (χ0) is 16.4. The van der Waals surface area contributed by atoms with E-state index in [-0.39, 0.29) is 0 Å². The van der Waals surface area contributed by atoms with E-state index in [9.17, 15) is 9.50 Å². The van der Waals surface area contributed by atoms with Crippen LogP contribution in [0.5, 0.6) is 0 Å². The molecular weight excluding hydrogens is 351 g/mol. The molecule has 5 nitrogen and oxygen atoms in total. The average molecular weight is 369 g/mol. The molecule has 118 valence electrons. The third kappa shape index (κ3) is 2.06. The van der Waals surface area contributed by atoms with Gasteiger partial charge in [0.2, 0.25) is 0 Å². The summed E-state index contributed by atoms with van der Waals surface area (Å²) in [5, 5.41) is 22.0. The van der Waals surface area contributed by atoms with Gasteiger partial charge in [0.15, 0.2) is 11.6 Å². The molecule has 1 aromatic carbocycles. The topological polar surface area (TPSA) is 63.0 Å². The van der Waals surface area contributed by atoms with E-state index in [1.807, 2.05) is 13.8 Å². The zero-order valence-electron chi connectivity index (χ0n) is 13.1. The fourth-order valence-electron chi connectivity index (χ4n) is 2.83. The van der Waals surface area contributed by atoms with Crippen molar-refractivity contribution in [2.45, 2.75) is 45.8 Å². The van der Waals surface area contributed by atoms with Crippen LogP contribution in [-0.2, 0) is 11.1 Å². The van der Waals surface area contributed by atoms with Crippen LogP contribution in [0.15, 0.2) is 10.5 Å². The first-order valence-corrected chi connectivity index (χ1v) is 7.79. The quantitative estimate of drug-likeness (QED) is 0.809. The van der Waals surface area contributed by atoms with Gasteiger partial charge in [0.1, 0.15) is 11.5 Å². The Hall–Kier alpha value is -1.47. The van der Waals surface area contributed by atoms with Crippen LogP contribution in [0.25, 0.3) is 5.69 Å². The van der Waals surface area contributed by atoms with Gasteiger partial charge in [0.05, 0.1) is 21.3 Å². The molecule has 0 atom stereocenters. The molecule has 0 spiro atoms. The molecule has 1 aliphatic heterocycles. The molecule has 0 saturated carbocycles. The van der Waals surface area contributed by atoms with Crippen molar-refractivity contribution in [3.05, 3.63) is 33.6 Å². The molecule has 0 unspecified atom stereocenters. The molecule has 0 radical (unpaired) electrons. The maximum Gasteiger partial charge on any atom is 0.163 e. The number of nitrogens with one attached hydrogen (secondary N) is 1. The monoisotopic (exact) mass is 368 g/mol. The highest BCUT2D eigenvalue weighted by Gasteiger charge is 2.39. The Morgan fingerprint density at radius 2 is 2.00 bits per heavy atom. The van der Waals surface area contributed by atoms with Gasteiger partial charge in [-0.15, -0.1) is 10.2 Å². The lowest BCUT2D eigenvalue weighted by atomic mass is 9.91.